The van der Waals surface area contributed by atoms with Gasteiger partial charge in [0.25, 0.3) is 5.91 Å². The van der Waals surface area contributed by atoms with Gasteiger partial charge in [-0.15, -0.1) is 0 Å². The molecule has 10 nitrogen and oxygen atoms in total. The number of rotatable bonds is 7. The lowest BCUT2D eigenvalue weighted by atomic mass is 9.75. The van der Waals surface area contributed by atoms with Gasteiger partial charge in [0.05, 0.1) is 12.3 Å². The monoisotopic (exact) mass is 544 g/mol. The number of carbonyl (C=O) groups excluding carboxylic acids is 2. The van der Waals surface area contributed by atoms with Crippen LogP contribution in [0.1, 0.15) is 58.8 Å². The number of amides is 2. The van der Waals surface area contributed by atoms with E-state index in [1.165, 1.54) is 12.1 Å². The highest BCUT2D eigenvalue weighted by Crippen LogP contribution is 2.61. The van der Waals surface area contributed by atoms with Crippen LogP contribution in [0.4, 0.5) is 10.1 Å². The van der Waals surface area contributed by atoms with E-state index in [-0.39, 0.29) is 5.69 Å². The lowest BCUT2D eigenvalue weighted by molar-refractivity contribution is -0.119. The molecule has 0 radical (unpaired) electrons. The van der Waals surface area contributed by atoms with Crippen LogP contribution in [0.25, 0.3) is 11.1 Å². The van der Waals surface area contributed by atoms with Crippen LogP contribution >= 0.6 is 0 Å². The molecule has 2 atom stereocenters. The third kappa shape index (κ3) is 4.51. The van der Waals surface area contributed by atoms with E-state index in [0.717, 1.165) is 35.4 Å². The fraction of sp³-hybridized carbons (Fsp3) is 0.345. The Bertz CT molecular complexity index is 1570. The number of hydrogen-bond acceptors (Lipinski definition) is 7. The molecule has 4 aromatic rings. The average molecular weight is 545 g/mol. The molecular weight excluding hydrogens is 515 g/mol. The summed E-state index contributed by atoms with van der Waals surface area (Å²) in [5, 5.41) is 20.6. The molecule has 1 unspecified atom stereocenters. The zero-order chi connectivity index (χ0) is 28.0. The summed E-state index contributed by atoms with van der Waals surface area (Å²) in [6.45, 7) is 6.08. The number of hydrogen-bond donors (Lipinski definition) is 3. The number of anilines is 1. The number of aryl methyl sites for hydroxylation is 3. The van der Waals surface area contributed by atoms with Crippen LogP contribution in [-0.2, 0) is 11.2 Å². The van der Waals surface area contributed by atoms with Crippen molar-refractivity contribution in [2.45, 2.75) is 52.0 Å². The lowest BCUT2D eigenvalue weighted by Crippen LogP contribution is -2.52. The first-order chi connectivity index (χ1) is 19.3. The number of H-pyrrole nitrogens is 1. The highest BCUT2D eigenvalue weighted by molar-refractivity contribution is 6.01. The van der Waals surface area contributed by atoms with Crippen LogP contribution in [0.5, 0.6) is 5.75 Å². The summed E-state index contributed by atoms with van der Waals surface area (Å²) < 4.78 is 25.2. The van der Waals surface area contributed by atoms with Gasteiger partial charge < -0.3 is 15.4 Å². The summed E-state index contributed by atoms with van der Waals surface area (Å²) in [7, 11) is 0. The standard InChI is InChI=1S/C29H29FN6O4/c1-4-21-25(36-40-35-21)27(37)32-26(24-20-13-18(30)7-10-22(20)39-14-29(24)11-12-29)28(38)31-19-8-5-17(6-9-19)23-15(2)33-34-16(23)3/h5-10,13,24,26H,4,11-12,14H2,1-3H3,(H,31,38)(H,32,37)(H,33,34)/t24?,26-/m0/s1. The summed E-state index contributed by atoms with van der Waals surface area (Å²) >= 11 is 0. The highest BCUT2D eigenvalue weighted by Gasteiger charge is 2.58. The molecule has 1 saturated carbocycles. The number of nitrogens with one attached hydrogen (secondary N) is 3. The van der Waals surface area contributed by atoms with Crippen LogP contribution in [0, 0.1) is 25.1 Å². The van der Waals surface area contributed by atoms with Gasteiger partial charge >= 0.3 is 0 Å². The van der Waals surface area contributed by atoms with E-state index in [2.05, 4.69) is 31.1 Å². The van der Waals surface area contributed by atoms with Crippen molar-refractivity contribution >= 4 is 17.5 Å². The second-order valence-corrected chi connectivity index (χ2v) is 10.6. The molecule has 11 heteroatoms. The van der Waals surface area contributed by atoms with Crippen LogP contribution in [0.15, 0.2) is 47.1 Å². The van der Waals surface area contributed by atoms with Crippen molar-refractivity contribution < 1.29 is 23.3 Å². The number of aromatic nitrogens is 4. The van der Waals surface area contributed by atoms with Gasteiger partial charge in [-0.1, -0.05) is 24.2 Å². The largest absolute Gasteiger partial charge is 0.493 e. The zero-order valence-corrected chi connectivity index (χ0v) is 22.4. The van der Waals surface area contributed by atoms with Gasteiger partial charge in [0, 0.05) is 33.8 Å². The smallest absolute Gasteiger partial charge is 0.276 e. The van der Waals surface area contributed by atoms with Gasteiger partial charge in [-0.2, -0.15) is 5.10 Å². The fourth-order valence-corrected chi connectivity index (χ4v) is 5.72. The molecule has 2 aliphatic rings. The topological polar surface area (TPSA) is 135 Å². The van der Waals surface area contributed by atoms with Crippen molar-refractivity contribution in [3.05, 3.63) is 76.6 Å². The quantitative estimate of drug-likeness (QED) is 0.312. The Morgan fingerprint density at radius 2 is 1.93 bits per heavy atom. The molecule has 2 amide bonds. The molecule has 1 spiro atoms. The number of fused-ring (bicyclic) bond motifs is 1. The Hall–Kier alpha value is -4.54. The molecule has 2 aromatic carbocycles. The van der Waals surface area contributed by atoms with Crippen molar-refractivity contribution in [1.82, 2.24) is 25.8 Å². The molecule has 206 valence electrons. The van der Waals surface area contributed by atoms with E-state index in [1.807, 2.05) is 32.9 Å². The zero-order valence-electron chi connectivity index (χ0n) is 22.4. The molecule has 0 saturated heterocycles. The van der Waals surface area contributed by atoms with E-state index < -0.39 is 35.0 Å². The summed E-state index contributed by atoms with van der Waals surface area (Å²) in [5.74, 6) is -1.47. The van der Waals surface area contributed by atoms with Gasteiger partial charge in [0.2, 0.25) is 5.91 Å². The minimum atomic E-state index is -1.04. The molecule has 0 bridgehead atoms. The van der Waals surface area contributed by atoms with E-state index in [1.54, 1.807) is 18.2 Å². The maximum absolute atomic E-state index is 14.5. The van der Waals surface area contributed by atoms with Gasteiger partial charge in [-0.25, -0.2) is 9.02 Å². The highest BCUT2D eigenvalue weighted by atomic mass is 19.1. The Labute approximate surface area is 229 Å². The normalized spacial score (nSPS) is 17.6. The average Bonchev–Trinajstić information content (AvgIpc) is 3.39. The van der Waals surface area contributed by atoms with Gasteiger partial charge in [0.15, 0.2) is 5.69 Å². The number of aromatic amines is 1. The Morgan fingerprint density at radius 1 is 1.15 bits per heavy atom. The Kier molecular flexibility index (Phi) is 6.36. The second kappa shape index (κ2) is 9.89. The van der Waals surface area contributed by atoms with E-state index in [4.69, 9.17) is 9.37 Å². The van der Waals surface area contributed by atoms with E-state index in [0.29, 0.717) is 35.7 Å². The SMILES string of the molecule is CCc1nonc1C(=O)N[C@H](C(=O)Nc1ccc(-c2c(C)n[nH]c2C)cc1)C1c2cc(F)ccc2OCC12CC2. The fourth-order valence-electron chi connectivity index (χ4n) is 5.72. The lowest BCUT2D eigenvalue weighted by Gasteiger charge is -2.38. The van der Waals surface area contributed by atoms with Crippen molar-refractivity contribution in [3.8, 4) is 16.9 Å². The first-order valence-corrected chi connectivity index (χ1v) is 13.3. The molecule has 2 aromatic heterocycles. The van der Waals surface area contributed by atoms with Crippen LogP contribution in [0.2, 0.25) is 0 Å². The summed E-state index contributed by atoms with van der Waals surface area (Å²) in [6, 6.07) is 10.7. The van der Waals surface area contributed by atoms with Crippen molar-refractivity contribution in [1.29, 1.82) is 0 Å². The summed E-state index contributed by atoms with van der Waals surface area (Å²) in [4.78, 5) is 27.3. The van der Waals surface area contributed by atoms with E-state index >= 15 is 0 Å². The maximum Gasteiger partial charge on any atom is 0.276 e. The van der Waals surface area contributed by atoms with Gasteiger partial charge in [-0.3, -0.25) is 14.7 Å². The van der Waals surface area contributed by atoms with Crippen LogP contribution in [-0.4, -0.2) is 45.0 Å². The van der Waals surface area contributed by atoms with Gasteiger partial charge in [-0.05, 0) is 74.2 Å². The van der Waals surface area contributed by atoms with Crippen LogP contribution in [0.3, 0.4) is 0 Å². The number of ether oxygens (including phenoxy) is 1. The predicted molar refractivity (Wildman–Crippen MR) is 143 cm³/mol. The molecule has 40 heavy (non-hydrogen) atoms. The Balaban J connectivity index is 1.34. The molecule has 1 aliphatic carbocycles. The summed E-state index contributed by atoms with van der Waals surface area (Å²) in [6.07, 6.45) is 2.01. The van der Waals surface area contributed by atoms with E-state index in [9.17, 15) is 14.0 Å². The second-order valence-electron chi connectivity index (χ2n) is 10.6. The first kappa shape index (κ1) is 25.7. The molecule has 3 heterocycles. The molecule has 3 N–H and O–H groups in total. The van der Waals surface area contributed by atoms with Crippen molar-refractivity contribution in [2.75, 3.05) is 11.9 Å². The third-order valence-corrected chi connectivity index (χ3v) is 7.95. The summed E-state index contributed by atoms with van der Waals surface area (Å²) in [5.41, 5.74) is 4.92. The molecule has 1 aliphatic heterocycles. The van der Waals surface area contributed by atoms with Gasteiger partial charge in [0.1, 0.15) is 23.3 Å². The molecular formula is C29H29FN6O4. The number of halogens is 1. The number of benzene rings is 2. The van der Waals surface area contributed by atoms with Crippen molar-refractivity contribution in [3.63, 3.8) is 0 Å². The minimum Gasteiger partial charge on any atom is -0.493 e. The number of nitrogens with zero attached hydrogens (tertiary/aromatic N) is 3. The maximum atomic E-state index is 14.5. The Morgan fingerprint density at radius 3 is 2.60 bits per heavy atom. The number of carbonyl (C=O) groups is 2. The minimum absolute atomic E-state index is 0.0203. The predicted octanol–water partition coefficient (Wildman–Crippen LogP) is 4.47. The first-order valence-electron chi connectivity index (χ1n) is 13.3. The molecule has 6 rings (SSSR count). The van der Waals surface area contributed by atoms with Crippen molar-refractivity contribution in [2.24, 2.45) is 5.41 Å². The molecule has 1 fully saturated rings. The van der Waals surface area contributed by atoms with Crippen LogP contribution < -0.4 is 15.4 Å². The third-order valence-electron chi connectivity index (χ3n) is 7.95.